The molecule has 4 atom stereocenters. The van der Waals surface area contributed by atoms with Crippen LogP contribution in [-0.2, 0) is 24.1 Å². The van der Waals surface area contributed by atoms with Crippen LogP contribution < -0.4 is 9.47 Å². The molecule has 2 N–H and O–H groups in total. The van der Waals surface area contributed by atoms with Crippen LogP contribution in [0, 0.1) is 24.7 Å². The van der Waals surface area contributed by atoms with E-state index in [1.165, 1.54) is 0 Å². The number of fused-ring (bicyclic) bond motifs is 1. The first-order chi connectivity index (χ1) is 17.6. The van der Waals surface area contributed by atoms with Crippen molar-refractivity contribution in [3.63, 3.8) is 0 Å². The van der Waals surface area contributed by atoms with Gasteiger partial charge in [0, 0.05) is 13.2 Å². The smallest absolute Gasteiger partial charge is 0.317 e. The van der Waals surface area contributed by atoms with Crippen molar-refractivity contribution in [3.05, 3.63) is 41.5 Å². The zero-order chi connectivity index (χ0) is 26.3. The molecular weight excluding hydrogens is 476 g/mol. The van der Waals surface area contributed by atoms with Gasteiger partial charge >= 0.3 is 12.0 Å². The standard InChI is InChI=1S/C26H32N6O5/c1-14-21(37-16-11-15-5-6-17(24(33)34)18(15)12-16)8-7-19(28-14)23-20(32(4)31-30-23)13-36-25-27-10-9-22(29-25)26(2,3)35/h7-10,15-18,35H,5-6,11-13H2,1-4H3,(H,33,34)/t15-,16+,17+,18+/m0/s1. The van der Waals surface area contributed by atoms with Crippen LogP contribution in [0.4, 0.5) is 0 Å². The number of carboxylic acids is 1. The first-order valence-corrected chi connectivity index (χ1v) is 12.5. The second kappa shape index (κ2) is 9.70. The molecule has 196 valence electrons. The summed E-state index contributed by atoms with van der Waals surface area (Å²) >= 11 is 0. The summed E-state index contributed by atoms with van der Waals surface area (Å²) in [5, 5.41) is 28.1. The fourth-order valence-corrected chi connectivity index (χ4v) is 5.55. The fraction of sp³-hybridized carbons (Fsp3) is 0.538. The third kappa shape index (κ3) is 5.13. The zero-order valence-electron chi connectivity index (χ0n) is 21.5. The van der Waals surface area contributed by atoms with Gasteiger partial charge in [-0.15, -0.1) is 5.10 Å². The maximum Gasteiger partial charge on any atom is 0.317 e. The third-order valence-electron chi connectivity index (χ3n) is 7.50. The van der Waals surface area contributed by atoms with Gasteiger partial charge in [0.1, 0.15) is 29.3 Å². The van der Waals surface area contributed by atoms with Crippen molar-refractivity contribution in [2.24, 2.45) is 24.8 Å². The molecule has 0 radical (unpaired) electrons. The van der Waals surface area contributed by atoms with Gasteiger partial charge < -0.3 is 19.7 Å². The van der Waals surface area contributed by atoms with Crippen LogP contribution in [0.25, 0.3) is 11.4 Å². The molecule has 2 aliphatic rings. The molecule has 3 aromatic heterocycles. The molecule has 0 amide bonds. The van der Waals surface area contributed by atoms with Gasteiger partial charge in [0.05, 0.1) is 29.1 Å². The number of aliphatic carboxylic acids is 1. The lowest BCUT2D eigenvalue weighted by Crippen LogP contribution is -2.21. The highest BCUT2D eigenvalue weighted by atomic mass is 16.5. The molecule has 3 aromatic rings. The van der Waals surface area contributed by atoms with Crippen LogP contribution in [0.15, 0.2) is 24.4 Å². The van der Waals surface area contributed by atoms with E-state index in [-0.39, 0.29) is 30.6 Å². The number of nitrogens with zero attached hydrogens (tertiary/aromatic N) is 6. The van der Waals surface area contributed by atoms with Crippen molar-refractivity contribution in [2.45, 2.75) is 64.8 Å². The lowest BCUT2D eigenvalue weighted by atomic mass is 9.92. The summed E-state index contributed by atoms with van der Waals surface area (Å²) in [5.41, 5.74) is 1.98. The van der Waals surface area contributed by atoms with Crippen LogP contribution in [0.5, 0.6) is 11.8 Å². The molecule has 2 fully saturated rings. The van der Waals surface area contributed by atoms with Gasteiger partial charge in [-0.2, -0.15) is 4.98 Å². The van der Waals surface area contributed by atoms with E-state index in [0.29, 0.717) is 34.4 Å². The van der Waals surface area contributed by atoms with Crippen LogP contribution in [0.2, 0.25) is 0 Å². The van der Waals surface area contributed by atoms with Crippen LogP contribution >= 0.6 is 0 Å². The van der Waals surface area contributed by atoms with Crippen LogP contribution in [0.3, 0.4) is 0 Å². The Morgan fingerprint density at radius 2 is 2.00 bits per heavy atom. The number of rotatable bonds is 8. The Labute approximate surface area is 214 Å². The number of aromatic nitrogens is 6. The van der Waals surface area contributed by atoms with Crippen molar-refractivity contribution < 1.29 is 24.5 Å². The second-order valence-corrected chi connectivity index (χ2v) is 10.5. The predicted octanol–water partition coefficient (Wildman–Crippen LogP) is 3.05. The summed E-state index contributed by atoms with van der Waals surface area (Å²) in [6, 6.07) is 5.52. The highest BCUT2D eigenvalue weighted by Gasteiger charge is 2.47. The number of hydrogen-bond donors (Lipinski definition) is 2. The van der Waals surface area contributed by atoms with Crippen LogP contribution in [0.1, 0.15) is 56.6 Å². The number of ether oxygens (including phenoxy) is 2. The molecular formula is C26H32N6O5. The average molecular weight is 509 g/mol. The molecule has 0 unspecified atom stereocenters. The molecule has 0 aromatic carbocycles. The predicted molar refractivity (Wildman–Crippen MR) is 132 cm³/mol. The van der Waals surface area contributed by atoms with Gasteiger partial charge in [-0.25, -0.2) is 14.6 Å². The lowest BCUT2D eigenvalue weighted by Gasteiger charge is -2.18. The number of carboxylic acid groups (broad SMARTS) is 1. The quantitative estimate of drug-likeness (QED) is 0.465. The van der Waals surface area contributed by atoms with E-state index in [1.807, 2.05) is 19.1 Å². The molecule has 0 bridgehead atoms. The number of pyridine rings is 1. The average Bonchev–Trinajstić information content (AvgIpc) is 3.52. The first kappa shape index (κ1) is 25.1. The zero-order valence-corrected chi connectivity index (χ0v) is 21.5. The molecule has 2 aliphatic carbocycles. The van der Waals surface area contributed by atoms with Gasteiger partial charge in [-0.05, 0) is 76.5 Å². The molecule has 0 spiro atoms. The Bertz CT molecular complexity index is 1300. The van der Waals surface area contributed by atoms with Crippen molar-refractivity contribution in [3.8, 4) is 23.1 Å². The van der Waals surface area contributed by atoms with Gasteiger partial charge in [-0.1, -0.05) is 5.21 Å². The number of carbonyl (C=O) groups is 1. The van der Waals surface area contributed by atoms with E-state index in [9.17, 15) is 15.0 Å². The minimum atomic E-state index is -1.11. The highest BCUT2D eigenvalue weighted by molar-refractivity contribution is 5.71. The van der Waals surface area contributed by atoms with E-state index >= 15 is 0 Å². The number of hydrogen-bond acceptors (Lipinski definition) is 9. The second-order valence-electron chi connectivity index (χ2n) is 10.5. The molecule has 11 heteroatoms. The third-order valence-corrected chi connectivity index (χ3v) is 7.50. The molecule has 5 rings (SSSR count). The Balaban J connectivity index is 1.28. The summed E-state index contributed by atoms with van der Waals surface area (Å²) in [5.74, 6) is 0.384. The van der Waals surface area contributed by atoms with Gasteiger partial charge in [0.25, 0.3) is 0 Å². The van der Waals surface area contributed by atoms with Gasteiger partial charge in [0.2, 0.25) is 0 Å². The summed E-state index contributed by atoms with van der Waals surface area (Å²) < 4.78 is 13.7. The van der Waals surface area contributed by atoms with Crippen molar-refractivity contribution >= 4 is 5.97 Å². The fourth-order valence-electron chi connectivity index (χ4n) is 5.55. The Hall–Kier alpha value is -3.60. The molecule has 2 saturated carbocycles. The lowest BCUT2D eigenvalue weighted by molar-refractivity contribution is -0.143. The van der Waals surface area contributed by atoms with E-state index in [0.717, 1.165) is 31.4 Å². The van der Waals surface area contributed by atoms with E-state index < -0.39 is 11.6 Å². The van der Waals surface area contributed by atoms with E-state index in [4.69, 9.17) is 14.5 Å². The van der Waals surface area contributed by atoms with Crippen molar-refractivity contribution in [1.82, 2.24) is 29.9 Å². The topological polar surface area (TPSA) is 145 Å². The van der Waals surface area contributed by atoms with Crippen molar-refractivity contribution in [1.29, 1.82) is 0 Å². The minimum absolute atomic E-state index is 0.00337. The minimum Gasteiger partial charge on any atom is -0.489 e. The number of aliphatic hydroxyl groups is 1. The Morgan fingerprint density at radius 1 is 1.19 bits per heavy atom. The molecule has 11 nitrogen and oxygen atoms in total. The summed E-state index contributed by atoms with van der Waals surface area (Å²) in [4.78, 5) is 24.7. The van der Waals surface area contributed by atoms with Gasteiger partial charge in [0.15, 0.2) is 0 Å². The van der Waals surface area contributed by atoms with Crippen LogP contribution in [-0.4, -0.2) is 52.2 Å². The largest absolute Gasteiger partial charge is 0.489 e. The SMILES string of the molecule is Cc1nc(-c2nnn(C)c2COc2nccc(C(C)(C)O)n2)ccc1O[C@@H]1C[C@@H]2CC[C@@H](C(=O)O)[C@@H]2C1. The highest BCUT2D eigenvalue weighted by Crippen LogP contribution is 2.48. The maximum absolute atomic E-state index is 11.6. The first-order valence-electron chi connectivity index (χ1n) is 12.5. The molecule has 37 heavy (non-hydrogen) atoms. The Morgan fingerprint density at radius 3 is 2.73 bits per heavy atom. The maximum atomic E-state index is 11.6. The van der Waals surface area contributed by atoms with Crippen molar-refractivity contribution in [2.75, 3.05) is 0 Å². The van der Waals surface area contributed by atoms with Gasteiger partial charge in [-0.3, -0.25) is 4.79 Å². The van der Waals surface area contributed by atoms with E-state index in [2.05, 4.69) is 20.3 Å². The summed E-state index contributed by atoms with van der Waals surface area (Å²) in [6.07, 6.45) is 4.93. The molecule has 0 saturated heterocycles. The molecule has 0 aliphatic heterocycles. The Kier molecular flexibility index (Phi) is 6.57. The summed E-state index contributed by atoms with van der Waals surface area (Å²) in [7, 11) is 1.77. The number of aryl methyl sites for hydroxylation is 2. The monoisotopic (exact) mass is 508 g/mol. The molecule has 3 heterocycles. The summed E-state index contributed by atoms with van der Waals surface area (Å²) in [6.45, 7) is 5.30. The normalized spacial score (nSPS) is 23.2. The van der Waals surface area contributed by atoms with E-state index in [1.54, 1.807) is 37.8 Å².